The minimum absolute atomic E-state index is 0.0160. The van der Waals surface area contributed by atoms with Crippen LogP contribution in [0.25, 0.3) is 0 Å². The molecule has 36 heavy (non-hydrogen) atoms. The van der Waals surface area contributed by atoms with Crippen LogP contribution in [0.4, 0.5) is 11.4 Å². The summed E-state index contributed by atoms with van der Waals surface area (Å²) in [5.41, 5.74) is 8.10. The van der Waals surface area contributed by atoms with Crippen molar-refractivity contribution in [3.8, 4) is 6.07 Å². The molecule has 0 saturated carbocycles. The number of allylic oxidation sites excluding steroid dienone is 1. The lowest BCUT2D eigenvalue weighted by Gasteiger charge is -2.36. The second-order valence-corrected chi connectivity index (χ2v) is 8.50. The largest absolute Gasteiger partial charge is 0.466 e. The van der Waals surface area contributed by atoms with Crippen LogP contribution < -0.4 is 15.5 Å². The van der Waals surface area contributed by atoms with E-state index in [0.717, 1.165) is 6.42 Å². The third-order valence-corrected chi connectivity index (χ3v) is 6.48. The highest BCUT2D eigenvalue weighted by atomic mass is 16.5. The maximum Gasteiger partial charge on any atom is 0.355 e. The molecule has 0 aliphatic carbocycles. The Hall–Kier alpha value is -4.58. The van der Waals surface area contributed by atoms with Crippen molar-refractivity contribution in [3.05, 3.63) is 82.8 Å². The molecule has 1 fully saturated rings. The molecule has 0 radical (unpaired) electrons. The number of benzene rings is 2. The van der Waals surface area contributed by atoms with E-state index in [1.807, 2.05) is 6.92 Å². The number of ether oxygens (including phenoxy) is 2. The molecule has 2 N–H and O–H groups in total. The number of hydrogen-bond acceptors (Lipinski definition) is 8. The highest BCUT2D eigenvalue weighted by Gasteiger charge is 2.43. The van der Waals surface area contributed by atoms with Crippen molar-refractivity contribution in [1.82, 2.24) is 0 Å². The number of carbonyl (C=O) groups excluding carboxylic acids is 3. The van der Waals surface area contributed by atoms with Crippen LogP contribution in [0.1, 0.15) is 31.2 Å². The Morgan fingerprint density at radius 3 is 2.14 bits per heavy atom. The van der Waals surface area contributed by atoms with E-state index >= 15 is 0 Å². The second-order valence-electron chi connectivity index (χ2n) is 8.50. The van der Waals surface area contributed by atoms with Gasteiger partial charge in [-0.25, -0.2) is 9.59 Å². The van der Waals surface area contributed by atoms with Gasteiger partial charge in [-0.15, -0.1) is 0 Å². The van der Waals surface area contributed by atoms with Crippen molar-refractivity contribution in [3.63, 3.8) is 0 Å². The van der Waals surface area contributed by atoms with E-state index in [1.54, 1.807) is 59.5 Å². The molecule has 2 aromatic rings. The topological polar surface area (TPSA) is 126 Å². The van der Waals surface area contributed by atoms with Gasteiger partial charge in [-0.3, -0.25) is 9.69 Å². The van der Waals surface area contributed by atoms with Gasteiger partial charge in [0.2, 0.25) is 5.91 Å². The summed E-state index contributed by atoms with van der Waals surface area (Å²) in [6.45, 7) is 1.98. The third-order valence-electron chi connectivity index (χ3n) is 6.48. The van der Waals surface area contributed by atoms with Crippen LogP contribution in [-0.2, 0) is 23.9 Å². The van der Waals surface area contributed by atoms with E-state index in [-0.39, 0.29) is 34.6 Å². The van der Waals surface area contributed by atoms with Gasteiger partial charge < -0.3 is 20.1 Å². The molecule has 0 spiro atoms. The highest BCUT2D eigenvalue weighted by molar-refractivity contribution is 6.06. The normalized spacial score (nSPS) is 19.9. The molecule has 2 unspecified atom stereocenters. The number of methoxy groups -OCH3 is 2. The van der Waals surface area contributed by atoms with Crippen molar-refractivity contribution in [1.29, 1.82) is 5.26 Å². The first-order valence-electron chi connectivity index (χ1n) is 11.4. The van der Waals surface area contributed by atoms with Crippen molar-refractivity contribution in [2.75, 3.05) is 24.0 Å². The predicted molar refractivity (Wildman–Crippen MR) is 132 cm³/mol. The van der Waals surface area contributed by atoms with Crippen LogP contribution >= 0.6 is 0 Å². The number of carbonyl (C=O) groups is 3. The molecule has 0 aromatic heterocycles. The Labute approximate surface area is 209 Å². The summed E-state index contributed by atoms with van der Waals surface area (Å²) in [6.07, 6.45) is 1.25. The average molecular weight is 487 g/mol. The zero-order valence-corrected chi connectivity index (χ0v) is 20.2. The van der Waals surface area contributed by atoms with E-state index in [1.165, 1.54) is 19.1 Å². The minimum atomic E-state index is -0.934. The lowest BCUT2D eigenvalue weighted by molar-refractivity contribution is -0.139. The monoisotopic (exact) mass is 486 g/mol. The average Bonchev–Trinajstić information content (AvgIpc) is 3.25. The number of esters is 2. The van der Waals surface area contributed by atoms with E-state index in [0.29, 0.717) is 23.4 Å². The fourth-order valence-corrected chi connectivity index (χ4v) is 4.77. The summed E-state index contributed by atoms with van der Waals surface area (Å²) >= 11 is 0. The van der Waals surface area contributed by atoms with Gasteiger partial charge in [0.1, 0.15) is 11.5 Å². The van der Waals surface area contributed by atoms with Crippen LogP contribution in [0.5, 0.6) is 0 Å². The molecule has 2 aliphatic rings. The van der Waals surface area contributed by atoms with Crippen LogP contribution in [-0.4, -0.2) is 38.1 Å². The molecule has 2 aliphatic heterocycles. The third kappa shape index (κ3) is 4.07. The highest BCUT2D eigenvalue weighted by Crippen LogP contribution is 2.43. The Morgan fingerprint density at radius 2 is 1.61 bits per heavy atom. The molecule has 1 saturated heterocycles. The molecule has 1 amide bonds. The maximum absolute atomic E-state index is 13.1. The summed E-state index contributed by atoms with van der Waals surface area (Å²) < 4.78 is 10.1. The molecular weight excluding hydrogens is 460 g/mol. The Kier molecular flexibility index (Phi) is 6.79. The number of amides is 1. The number of rotatable bonds is 5. The van der Waals surface area contributed by atoms with Crippen LogP contribution in [0.2, 0.25) is 0 Å². The first-order chi connectivity index (χ1) is 17.3. The standard InChI is InChI=1S/C27H26N4O5/c1-16-9-14-21(32)30(16)18-10-12-19(13-11-18)31-24(27(34)36-3)23(26(33)35-2)22(20(15-28)25(31)29)17-7-5-4-6-8-17/h4-8,10-13,16,22H,9,14,29H2,1-3H3. The summed E-state index contributed by atoms with van der Waals surface area (Å²) in [7, 11) is 2.40. The summed E-state index contributed by atoms with van der Waals surface area (Å²) in [6, 6.07) is 17.8. The molecule has 2 atom stereocenters. The van der Waals surface area contributed by atoms with Crippen LogP contribution in [0.3, 0.4) is 0 Å². The number of nitrogens with two attached hydrogens (primary N) is 1. The number of hydrogen-bond donors (Lipinski definition) is 1. The van der Waals surface area contributed by atoms with Gasteiger partial charge in [-0.05, 0) is 43.2 Å². The minimum Gasteiger partial charge on any atom is -0.466 e. The number of nitrogens with zero attached hydrogens (tertiary/aromatic N) is 3. The Balaban J connectivity index is 1.92. The Bertz CT molecular complexity index is 1310. The first-order valence-corrected chi connectivity index (χ1v) is 11.4. The summed E-state index contributed by atoms with van der Waals surface area (Å²) in [5, 5.41) is 10.1. The van der Waals surface area contributed by atoms with E-state index < -0.39 is 17.9 Å². The zero-order chi connectivity index (χ0) is 26.0. The number of nitriles is 1. The van der Waals surface area contributed by atoms with Crippen molar-refractivity contribution in [2.45, 2.75) is 31.7 Å². The molecule has 0 bridgehead atoms. The van der Waals surface area contributed by atoms with Gasteiger partial charge in [0.15, 0.2) is 0 Å². The quantitative estimate of drug-likeness (QED) is 0.639. The van der Waals surface area contributed by atoms with E-state index in [2.05, 4.69) is 6.07 Å². The van der Waals surface area contributed by atoms with Gasteiger partial charge in [0.25, 0.3) is 0 Å². The summed E-state index contributed by atoms with van der Waals surface area (Å²) in [4.78, 5) is 41.6. The van der Waals surface area contributed by atoms with E-state index in [4.69, 9.17) is 15.2 Å². The molecule has 2 aromatic carbocycles. The van der Waals surface area contributed by atoms with Gasteiger partial charge in [0.05, 0.1) is 37.4 Å². The number of anilines is 2. The molecular formula is C27H26N4O5. The molecule has 2 heterocycles. The van der Waals surface area contributed by atoms with Crippen molar-refractivity contribution >= 4 is 29.2 Å². The smallest absolute Gasteiger partial charge is 0.355 e. The van der Waals surface area contributed by atoms with Crippen molar-refractivity contribution < 1.29 is 23.9 Å². The predicted octanol–water partition coefficient (Wildman–Crippen LogP) is 3.10. The summed E-state index contributed by atoms with van der Waals surface area (Å²) in [5.74, 6) is -2.52. The van der Waals surface area contributed by atoms with Gasteiger partial charge in [-0.2, -0.15) is 5.26 Å². The van der Waals surface area contributed by atoms with Gasteiger partial charge in [0, 0.05) is 23.8 Å². The zero-order valence-electron chi connectivity index (χ0n) is 20.2. The Morgan fingerprint density at radius 1 is 1.00 bits per heavy atom. The molecule has 9 heteroatoms. The fourth-order valence-electron chi connectivity index (χ4n) is 4.77. The molecule has 184 valence electrons. The van der Waals surface area contributed by atoms with Gasteiger partial charge in [-0.1, -0.05) is 30.3 Å². The van der Waals surface area contributed by atoms with Crippen LogP contribution in [0.15, 0.2) is 77.3 Å². The second kappa shape index (κ2) is 9.96. The van der Waals surface area contributed by atoms with E-state index in [9.17, 15) is 19.6 Å². The van der Waals surface area contributed by atoms with Crippen molar-refractivity contribution in [2.24, 2.45) is 5.73 Å². The van der Waals surface area contributed by atoms with Crippen LogP contribution in [0, 0.1) is 11.3 Å². The lowest BCUT2D eigenvalue weighted by atomic mass is 9.81. The molecule has 4 rings (SSSR count). The lowest BCUT2D eigenvalue weighted by Crippen LogP contribution is -2.40. The van der Waals surface area contributed by atoms with Gasteiger partial charge >= 0.3 is 11.9 Å². The fraction of sp³-hybridized carbons (Fsp3) is 0.259. The molecule has 9 nitrogen and oxygen atoms in total. The maximum atomic E-state index is 13.1. The first kappa shape index (κ1) is 24.5. The SMILES string of the molecule is COC(=O)C1=C(C(=O)OC)N(c2ccc(N3C(=O)CCC3C)cc2)C(N)=C(C#N)C1c1ccccc1.